The average molecular weight is 209 g/mol. The van der Waals surface area contributed by atoms with Crippen molar-refractivity contribution in [1.82, 2.24) is 19.7 Å². The number of pyridine rings is 1. The van der Waals surface area contributed by atoms with Crippen molar-refractivity contribution in [2.24, 2.45) is 0 Å². The van der Waals surface area contributed by atoms with Crippen molar-refractivity contribution in [3.63, 3.8) is 0 Å². The molecule has 0 spiro atoms. The molecule has 0 aliphatic heterocycles. The number of aromatic nitrogens is 4. The van der Waals surface area contributed by atoms with Crippen molar-refractivity contribution in [2.45, 2.75) is 13.8 Å². The highest BCUT2D eigenvalue weighted by molar-refractivity contribution is 6.28. The number of hydrogen-bond acceptors (Lipinski definition) is 3. The Bertz CT molecular complexity index is 444. The van der Waals surface area contributed by atoms with Gasteiger partial charge in [-0.25, -0.2) is 0 Å². The maximum atomic E-state index is 5.91. The molecule has 0 fully saturated rings. The average Bonchev–Trinajstić information content (AvgIpc) is 2.48. The van der Waals surface area contributed by atoms with Crippen LogP contribution >= 0.6 is 11.6 Å². The zero-order valence-electron chi connectivity index (χ0n) is 7.90. The molecule has 0 atom stereocenters. The van der Waals surface area contributed by atoms with Crippen LogP contribution in [0.4, 0.5) is 0 Å². The minimum atomic E-state index is 0.360. The van der Waals surface area contributed by atoms with Gasteiger partial charge in [-0.1, -0.05) is 0 Å². The molecule has 0 saturated heterocycles. The summed E-state index contributed by atoms with van der Waals surface area (Å²) in [5.41, 5.74) is 2.00. The summed E-state index contributed by atoms with van der Waals surface area (Å²) in [6, 6.07) is 1.92. The molecule has 0 N–H and O–H groups in total. The van der Waals surface area contributed by atoms with Crippen LogP contribution in [0.25, 0.3) is 5.69 Å². The van der Waals surface area contributed by atoms with E-state index in [1.165, 1.54) is 0 Å². The van der Waals surface area contributed by atoms with E-state index in [2.05, 4.69) is 15.2 Å². The lowest BCUT2D eigenvalue weighted by atomic mass is 10.2. The third-order valence-corrected chi connectivity index (χ3v) is 2.28. The van der Waals surface area contributed by atoms with Gasteiger partial charge in [-0.3, -0.25) is 9.55 Å². The van der Waals surface area contributed by atoms with E-state index in [0.717, 1.165) is 17.1 Å². The Morgan fingerprint density at radius 3 is 2.64 bits per heavy atom. The van der Waals surface area contributed by atoms with Crippen molar-refractivity contribution in [3.05, 3.63) is 35.1 Å². The van der Waals surface area contributed by atoms with Gasteiger partial charge in [0.05, 0.1) is 11.9 Å². The molecule has 2 aromatic rings. The number of halogens is 1. The molecule has 72 valence electrons. The fourth-order valence-corrected chi connectivity index (χ4v) is 1.55. The second kappa shape index (κ2) is 3.38. The maximum absolute atomic E-state index is 5.91. The Labute approximate surface area is 86.6 Å². The first-order valence-corrected chi connectivity index (χ1v) is 4.56. The molecule has 0 radical (unpaired) electrons. The van der Waals surface area contributed by atoms with Crippen molar-refractivity contribution in [2.75, 3.05) is 0 Å². The van der Waals surface area contributed by atoms with Crippen molar-refractivity contribution in [3.8, 4) is 5.69 Å². The highest BCUT2D eigenvalue weighted by atomic mass is 35.5. The number of nitrogens with zero attached hydrogens (tertiary/aromatic N) is 4. The summed E-state index contributed by atoms with van der Waals surface area (Å²) in [4.78, 5) is 4.05. The molecule has 0 saturated carbocycles. The molecule has 0 aromatic carbocycles. The summed E-state index contributed by atoms with van der Waals surface area (Å²) < 4.78 is 1.77. The van der Waals surface area contributed by atoms with Gasteiger partial charge in [-0.05, 0) is 37.1 Å². The van der Waals surface area contributed by atoms with E-state index in [0.29, 0.717) is 5.28 Å². The molecule has 0 bridgehead atoms. The summed E-state index contributed by atoms with van der Waals surface area (Å²) >= 11 is 5.91. The predicted molar refractivity (Wildman–Crippen MR) is 53.6 cm³/mol. The second-order valence-corrected chi connectivity index (χ2v) is 3.35. The molecular weight excluding hydrogens is 200 g/mol. The number of aryl methyl sites for hydroxylation is 2. The van der Waals surface area contributed by atoms with Crippen LogP contribution in [0.15, 0.2) is 18.5 Å². The quantitative estimate of drug-likeness (QED) is 0.719. The molecule has 2 aromatic heterocycles. The van der Waals surface area contributed by atoms with Gasteiger partial charge in [0.25, 0.3) is 0 Å². The van der Waals surface area contributed by atoms with Gasteiger partial charge in [0, 0.05) is 6.20 Å². The van der Waals surface area contributed by atoms with Crippen LogP contribution in [0.3, 0.4) is 0 Å². The van der Waals surface area contributed by atoms with Gasteiger partial charge >= 0.3 is 0 Å². The van der Waals surface area contributed by atoms with E-state index in [1.807, 2.05) is 19.9 Å². The molecular formula is C9H9ClN4. The second-order valence-electron chi connectivity index (χ2n) is 3.01. The zero-order valence-corrected chi connectivity index (χ0v) is 8.65. The Kier molecular flexibility index (Phi) is 2.21. The normalized spacial score (nSPS) is 10.5. The molecule has 4 nitrogen and oxygen atoms in total. The van der Waals surface area contributed by atoms with Crippen LogP contribution in [0.5, 0.6) is 0 Å². The Hall–Kier alpha value is -1.42. The van der Waals surface area contributed by atoms with Gasteiger partial charge < -0.3 is 0 Å². The van der Waals surface area contributed by atoms with E-state index >= 15 is 0 Å². The summed E-state index contributed by atoms with van der Waals surface area (Å²) in [5, 5.41) is 8.03. The monoisotopic (exact) mass is 208 g/mol. The van der Waals surface area contributed by atoms with Crippen molar-refractivity contribution >= 4 is 11.6 Å². The standard InChI is InChI=1S/C9H9ClN4/c1-6-3-4-11-5-8(6)14-7(2)12-13-9(14)10/h3-5H,1-2H3. The molecule has 0 aliphatic rings. The summed E-state index contributed by atoms with van der Waals surface area (Å²) in [5.74, 6) is 0.756. The maximum Gasteiger partial charge on any atom is 0.229 e. The van der Waals surface area contributed by atoms with Crippen molar-refractivity contribution in [1.29, 1.82) is 0 Å². The van der Waals surface area contributed by atoms with Gasteiger partial charge in [0.1, 0.15) is 5.82 Å². The zero-order chi connectivity index (χ0) is 10.1. The smallest absolute Gasteiger partial charge is 0.229 e. The molecule has 2 heterocycles. The van der Waals surface area contributed by atoms with Gasteiger partial charge in [0.15, 0.2) is 0 Å². The lowest BCUT2D eigenvalue weighted by Gasteiger charge is -2.07. The minimum Gasteiger partial charge on any atom is -0.268 e. The molecule has 0 unspecified atom stereocenters. The van der Waals surface area contributed by atoms with Crippen LogP contribution in [0, 0.1) is 13.8 Å². The van der Waals surface area contributed by atoms with Gasteiger partial charge in [0.2, 0.25) is 5.28 Å². The molecule has 5 heteroatoms. The van der Waals surface area contributed by atoms with E-state index in [9.17, 15) is 0 Å². The van der Waals surface area contributed by atoms with Crippen LogP contribution in [0.1, 0.15) is 11.4 Å². The third kappa shape index (κ3) is 1.37. The first-order chi connectivity index (χ1) is 6.70. The third-order valence-electron chi connectivity index (χ3n) is 2.04. The molecule has 2 rings (SSSR count). The van der Waals surface area contributed by atoms with Crippen LogP contribution in [-0.4, -0.2) is 19.7 Å². The van der Waals surface area contributed by atoms with E-state index in [1.54, 1.807) is 17.0 Å². The lowest BCUT2D eigenvalue weighted by Crippen LogP contribution is -2.00. The molecule has 14 heavy (non-hydrogen) atoms. The lowest BCUT2D eigenvalue weighted by molar-refractivity contribution is 0.951. The molecule has 0 aliphatic carbocycles. The summed E-state index contributed by atoms with van der Waals surface area (Å²) in [7, 11) is 0. The van der Waals surface area contributed by atoms with Crippen LogP contribution < -0.4 is 0 Å². The predicted octanol–water partition coefficient (Wildman–Crippen LogP) is 1.93. The highest BCUT2D eigenvalue weighted by Gasteiger charge is 2.09. The topological polar surface area (TPSA) is 43.6 Å². The SMILES string of the molecule is Cc1ccncc1-n1c(C)nnc1Cl. The highest BCUT2D eigenvalue weighted by Crippen LogP contribution is 2.18. The van der Waals surface area contributed by atoms with Gasteiger partial charge in [-0.15, -0.1) is 10.2 Å². The number of hydrogen-bond donors (Lipinski definition) is 0. The Morgan fingerprint density at radius 1 is 1.29 bits per heavy atom. The van der Waals surface area contributed by atoms with E-state index in [-0.39, 0.29) is 0 Å². The fourth-order valence-electron chi connectivity index (χ4n) is 1.30. The fraction of sp³-hybridized carbons (Fsp3) is 0.222. The van der Waals surface area contributed by atoms with Gasteiger partial charge in [-0.2, -0.15) is 0 Å². The first-order valence-electron chi connectivity index (χ1n) is 4.18. The summed E-state index contributed by atoms with van der Waals surface area (Å²) in [6.07, 6.45) is 3.49. The largest absolute Gasteiger partial charge is 0.268 e. The van der Waals surface area contributed by atoms with E-state index in [4.69, 9.17) is 11.6 Å². The van der Waals surface area contributed by atoms with Crippen LogP contribution in [-0.2, 0) is 0 Å². The summed E-state index contributed by atoms with van der Waals surface area (Å²) in [6.45, 7) is 3.85. The number of rotatable bonds is 1. The Morgan fingerprint density at radius 2 is 2.07 bits per heavy atom. The van der Waals surface area contributed by atoms with Crippen LogP contribution in [0.2, 0.25) is 5.28 Å². The Balaban J connectivity index is 2.66. The molecule has 0 amide bonds. The van der Waals surface area contributed by atoms with E-state index < -0.39 is 0 Å². The first kappa shape index (κ1) is 9.15. The minimum absolute atomic E-state index is 0.360. The van der Waals surface area contributed by atoms with Crippen molar-refractivity contribution < 1.29 is 0 Å².